The lowest BCUT2D eigenvalue weighted by Gasteiger charge is -1.96. The van der Waals surface area contributed by atoms with Crippen LogP contribution in [-0.2, 0) is 8.87 Å². The molecule has 0 aliphatic carbocycles. The molecule has 82 valence electrons. The Balaban J connectivity index is 3.84. The van der Waals surface area contributed by atoms with Crippen LogP contribution in [0.15, 0.2) is 24.3 Å². The van der Waals surface area contributed by atoms with Gasteiger partial charge in [0, 0.05) is 5.75 Å². The average molecular weight is 234 g/mol. The van der Waals surface area contributed by atoms with Crippen molar-refractivity contribution < 1.29 is 8.42 Å². The molecule has 14 heavy (non-hydrogen) atoms. The van der Waals surface area contributed by atoms with E-state index in [4.69, 9.17) is 0 Å². The minimum Gasteiger partial charge on any atom is -0.217 e. The fourth-order valence-corrected chi connectivity index (χ4v) is 3.05. The molecule has 0 amide bonds. The van der Waals surface area contributed by atoms with Crippen LogP contribution < -0.4 is 0 Å². The fraction of sp³-hybridized carbons (Fsp3) is 0.600. The Hall–Kier alpha value is -0.220. The Bertz CT molecular complexity index is 276. The maximum Gasteiger partial charge on any atom is 0.205 e. The van der Waals surface area contributed by atoms with Crippen molar-refractivity contribution in [3.8, 4) is 0 Å². The van der Waals surface area contributed by atoms with E-state index in [0.717, 1.165) is 23.6 Å². The monoisotopic (exact) mass is 234 g/mol. The first-order valence-electron chi connectivity index (χ1n) is 4.79. The van der Waals surface area contributed by atoms with Gasteiger partial charge in [-0.05, 0) is 23.6 Å². The van der Waals surface area contributed by atoms with Gasteiger partial charge in [0.25, 0.3) is 0 Å². The van der Waals surface area contributed by atoms with Crippen molar-refractivity contribution in [1.82, 2.24) is 0 Å². The van der Waals surface area contributed by atoms with Gasteiger partial charge in [-0.25, -0.2) is 8.42 Å². The third kappa shape index (κ3) is 8.38. The number of rotatable bonds is 7. The van der Waals surface area contributed by atoms with Crippen molar-refractivity contribution in [3.05, 3.63) is 24.3 Å². The van der Waals surface area contributed by atoms with Crippen molar-refractivity contribution in [2.45, 2.75) is 26.7 Å². The van der Waals surface area contributed by atoms with Crippen LogP contribution in [0.1, 0.15) is 26.7 Å². The van der Waals surface area contributed by atoms with Crippen molar-refractivity contribution in [2.24, 2.45) is 0 Å². The van der Waals surface area contributed by atoms with E-state index in [2.05, 4.69) is 0 Å². The first kappa shape index (κ1) is 13.8. The molecular weight excluding hydrogens is 216 g/mol. The maximum absolute atomic E-state index is 11.3. The van der Waals surface area contributed by atoms with Crippen LogP contribution in [-0.4, -0.2) is 19.9 Å². The molecule has 0 bridgehead atoms. The van der Waals surface area contributed by atoms with Gasteiger partial charge in [-0.2, -0.15) is 0 Å². The predicted octanol–water partition coefficient (Wildman–Crippen LogP) is 2.98. The third-order valence-corrected chi connectivity index (χ3v) is 4.63. The second-order valence-electron chi connectivity index (χ2n) is 2.77. The Morgan fingerprint density at radius 3 is 2.14 bits per heavy atom. The Labute approximate surface area is 90.8 Å². The molecule has 0 atom stereocenters. The minimum absolute atomic E-state index is 0.144. The van der Waals surface area contributed by atoms with Gasteiger partial charge in [-0.15, -0.1) is 0 Å². The molecule has 0 rings (SSSR count). The second-order valence-corrected chi connectivity index (χ2v) is 7.02. The Morgan fingerprint density at radius 2 is 1.57 bits per heavy atom. The lowest BCUT2D eigenvalue weighted by molar-refractivity contribution is 0.613. The van der Waals surface area contributed by atoms with Crippen molar-refractivity contribution >= 4 is 19.7 Å². The van der Waals surface area contributed by atoms with Crippen LogP contribution in [0.2, 0.25) is 0 Å². The van der Waals surface area contributed by atoms with Gasteiger partial charge in [0.05, 0.1) is 5.75 Å². The van der Waals surface area contributed by atoms with Gasteiger partial charge in [-0.3, -0.25) is 0 Å². The summed E-state index contributed by atoms with van der Waals surface area (Å²) in [4.78, 5) is 0. The van der Waals surface area contributed by atoms with Gasteiger partial charge in [0.1, 0.15) is 0 Å². The highest BCUT2D eigenvalue weighted by Crippen LogP contribution is 2.13. The quantitative estimate of drug-likeness (QED) is 0.501. The second kappa shape index (κ2) is 8.12. The van der Waals surface area contributed by atoms with Crippen LogP contribution in [0, 0.1) is 0 Å². The lowest BCUT2D eigenvalue weighted by atomic mass is 10.4. The van der Waals surface area contributed by atoms with E-state index in [9.17, 15) is 8.42 Å². The largest absolute Gasteiger partial charge is 0.217 e. The summed E-state index contributed by atoms with van der Waals surface area (Å²) >= 11 is 0. The number of hydrogen-bond acceptors (Lipinski definition) is 3. The smallest absolute Gasteiger partial charge is 0.205 e. The fourth-order valence-electron chi connectivity index (χ4n) is 0.778. The molecule has 0 N–H and O–H groups in total. The molecule has 0 aromatic heterocycles. The van der Waals surface area contributed by atoms with Gasteiger partial charge >= 0.3 is 0 Å². The zero-order chi connectivity index (χ0) is 10.9. The van der Waals surface area contributed by atoms with Crippen molar-refractivity contribution in [1.29, 1.82) is 0 Å². The maximum atomic E-state index is 11.3. The molecule has 0 spiro atoms. The van der Waals surface area contributed by atoms with E-state index < -0.39 is 8.87 Å². The van der Waals surface area contributed by atoms with Crippen LogP contribution in [0.25, 0.3) is 0 Å². The van der Waals surface area contributed by atoms with E-state index in [1.807, 2.05) is 32.1 Å². The molecular formula is C10H18O2S2. The lowest BCUT2D eigenvalue weighted by Crippen LogP contribution is -1.98. The molecule has 0 heterocycles. The van der Waals surface area contributed by atoms with E-state index in [-0.39, 0.29) is 5.75 Å². The van der Waals surface area contributed by atoms with Gasteiger partial charge in [0.15, 0.2) is 0 Å². The van der Waals surface area contributed by atoms with E-state index in [1.54, 1.807) is 6.08 Å². The molecule has 0 aromatic carbocycles. The highest BCUT2D eigenvalue weighted by Gasteiger charge is 2.06. The zero-order valence-corrected chi connectivity index (χ0v) is 10.4. The molecule has 0 unspecified atom stereocenters. The zero-order valence-electron chi connectivity index (χ0n) is 8.77. The molecule has 0 aliphatic rings. The average Bonchev–Trinajstić information content (AvgIpc) is 2.13. The molecule has 0 saturated heterocycles. The Kier molecular flexibility index (Phi) is 7.99. The normalized spacial score (nSPS) is 13.0. The molecule has 4 heteroatoms. The van der Waals surface area contributed by atoms with Crippen molar-refractivity contribution in [3.63, 3.8) is 0 Å². The Morgan fingerprint density at radius 1 is 1.00 bits per heavy atom. The van der Waals surface area contributed by atoms with Gasteiger partial charge < -0.3 is 0 Å². The topological polar surface area (TPSA) is 34.1 Å². The molecule has 0 aromatic rings. The van der Waals surface area contributed by atoms with Crippen LogP contribution in [0.4, 0.5) is 0 Å². The molecule has 0 saturated carbocycles. The first-order valence-corrected chi connectivity index (χ1v) is 7.95. The standard InChI is InChI=1S/C10H18O2S2/c1-3-5-7-9-13-14(11,12)10-8-6-4-2/h5-8H,3-4,9-10H2,1-2H3/b7-5+,8-6+. The number of hydrogen-bond donors (Lipinski definition) is 0. The van der Waals surface area contributed by atoms with Gasteiger partial charge in [0.2, 0.25) is 8.87 Å². The van der Waals surface area contributed by atoms with Crippen LogP contribution >= 0.6 is 10.8 Å². The third-order valence-electron chi connectivity index (χ3n) is 1.45. The summed E-state index contributed by atoms with van der Waals surface area (Å²) in [5, 5.41) is 0. The van der Waals surface area contributed by atoms with Crippen LogP contribution in [0.3, 0.4) is 0 Å². The highest BCUT2D eigenvalue weighted by atomic mass is 33.1. The highest BCUT2D eigenvalue weighted by molar-refractivity contribution is 8.72. The van der Waals surface area contributed by atoms with E-state index >= 15 is 0 Å². The van der Waals surface area contributed by atoms with E-state index in [1.165, 1.54) is 0 Å². The summed E-state index contributed by atoms with van der Waals surface area (Å²) in [6.07, 6.45) is 9.30. The summed E-state index contributed by atoms with van der Waals surface area (Å²) < 4.78 is 22.7. The molecule has 2 nitrogen and oxygen atoms in total. The summed E-state index contributed by atoms with van der Waals surface area (Å²) in [6.45, 7) is 4.01. The number of allylic oxidation sites excluding steroid dienone is 2. The van der Waals surface area contributed by atoms with E-state index in [0.29, 0.717) is 5.75 Å². The predicted molar refractivity (Wildman–Crippen MR) is 65.1 cm³/mol. The van der Waals surface area contributed by atoms with Crippen LogP contribution in [0.5, 0.6) is 0 Å². The summed E-state index contributed by atoms with van der Waals surface area (Å²) in [6, 6.07) is 0. The summed E-state index contributed by atoms with van der Waals surface area (Å²) in [5.41, 5.74) is 0. The van der Waals surface area contributed by atoms with Gasteiger partial charge in [-0.1, -0.05) is 38.2 Å². The minimum atomic E-state index is -2.96. The first-order chi connectivity index (χ1) is 6.62. The summed E-state index contributed by atoms with van der Waals surface area (Å²) in [5.74, 6) is 0.696. The summed E-state index contributed by atoms with van der Waals surface area (Å²) in [7, 11) is -1.95. The molecule has 0 radical (unpaired) electrons. The molecule has 0 fully saturated rings. The van der Waals surface area contributed by atoms with Crippen molar-refractivity contribution in [2.75, 3.05) is 11.5 Å². The molecule has 0 aliphatic heterocycles. The SMILES string of the molecule is CC/C=C/CSS(=O)(=O)C/C=C/CC.